The van der Waals surface area contributed by atoms with E-state index in [0.29, 0.717) is 5.92 Å². The lowest BCUT2D eigenvalue weighted by atomic mass is 9.99. The molecule has 0 aliphatic heterocycles. The number of hydrogen-bond acceptors (Lipinski definition) is 1. The number of aryl methyl sites for hydroxylation is 1. The molecule has 0 aromatic carbocycles. The van der Waals surface area contributed by atoms with E-state index in [1.54, 1.807) is 0 Å². The molecular formula is C13H19N. The smallest absolute Gasteiger partial charge is 0.0447 e. The second-order valence-electron chi connectivity index (χ2n) is 3.48. The first-order chi connectivity index (χ1) is 6.77. The Balaban J connectivity index is 0.000000461. The van der Waals surface area contributed by atoms with Gasteiger partial charge in [0.1, 0.15) is 0 Å². The predicted molar refractivity (Wildman–Crippen MR) is 62.3 cm³/mol. The average Bonchev–Trinajstić information content (AvgIpc) is 2.21. The Morgan fingerprint density at radius 2 is 2.07 bits per heavy atom. The average molecular weight is 189 g/mol. The van der Waals surface area contributed by atoms with E-state index < -0.39 is 0 Å². The zero-order chi connectivity index (χ0) is 10.6. The van der Waals surface area contributed by atoms with E-state index in [-0.39, 0.29) is 0 Å². The van der Waals surface area contributed by atoms with Crippen molar-refractivity contribution in [1.82, 2.24) is 4.98 Å². The fourth-order valence-electron chi connectivity index (χ4n) is 1.69. The molecule has 0 amide bonds. The molecule has 0 saturated carbocycles. The van der Waals surface area contributed by atoms with E-state index in [1.807, 2.05) is 20.0 Å². The van der Waals surface area contributed by atoms with Crippen LogP contribution >= 0.6 is 0 Å². The van der Waals surface area contributed by atoms with Crippen LogP contribution in [0.3, 0.4) is 0 Å². The Kier molecular flexibility index (Phi) is 3.87. The maximum atomic E-state index is 4.27. The minimum Gasteiger partial charge on any atom is -0.261 e. The van der Waals surface area contributed by atoms with Gasteiger partial charge >= 0.3 is 0 Å². The van der Waals surface area contributed by atoms with Crippen LogP contribution < -0.4 is 10.4 Å². The number of pyridine rings is 1. The Labute approximate surface area is 86.2 Å². The van der Waals surface area contributed by atoms with Crippen molar-refractivity contribution in [3.8, 4) is 0 Å². The van der Waals surface area contributed by atoms with Crippen molar-refractivity contribution in [1.29, 1.82) is 0 Å². The summed E-state index contributed by atoms with van der Waals surface area (Å²) in [5.41, 5.74) is 1.15. The summed E-state index contributed by atoms with van der Waals surface area (Å²) < 4.78 is 0. The van der Waals surface area contributed by atoms with Crippen LogP contribution in [0.15, 0.2) is 12.3 Å². The molecule has 0 N–H and O–H groups in total. The number of rotatable bonds is 0. The van der Waals surface area contributed by atoms with Crippen molar-refractivity contribution in [3.05, 3.63) is 28.4 Å². The van der Waals surface area contributed by atoms with Crippen LogP contribution in [0, 0.1) is 12.8 Å². The zero-order valence-corrected chi connectivity index (χ0v) is 9.54. The Morgan fingerprint density at radius 1 is 1.36 bits per heavy atom. The summed E-state index contributed by atoms with van der Waals surface area (Å²) >= 11 is 0. The van der Waals surface area contributed by atoms with Gasteiger partial charge in [-0.2, -0.15) is 0 Å². The van der Waals surface area contributed by atoms with Crippen molar-refractivity contribution < 1.29 is 0 Å². The molecule has 1 atom stereocenters. The van der Waals surface area contributed by atoms with Crippen LogP contribution in [0.5, 0.6) is 0 Å². The molecule has 1 aromatic rings. The van der Waals surface area contributed by atoms with Gasteiger partial charge in [-0.25, -0.2) is 0 Å². The van der Waals surface area contributed by atoms with E-state index >= 15 is 0 Å². The first-order valence-electron chi connectivity index (χ1n) is 5.41. The highest BCUT2D eigenvalue weighted by Crippen LogP contribution is 2.05. The summed E-state index contributed by atoms with van der Waals surface area (Å²) in [6.45, 7) is 8.31. The lowest BCUT2D eigenvalue weighted by molar-refractivity contribution is 0.798. The molecule has 0 bridgehead atoms. The van der Waals surface area contributed by atoms with Crippen LogP contribution in [-0.2, 0) is 0 Å². The fourth-order valence-corrected chi connectivity index (χ4v) is 1.69. The Hall–Kier alpha value is -1.11. The molecule has 76 valence electrons. The third-order valence-electron chi connectivity index (χ3n) is 2.38. The summed E-state index contributed by atoms with van der Waals surface area (Å²) in [4.78, 5) is 4.27. The van der Waals surface area contributed by atoms with E-state index in [0.717, 1.165) is 12.1 Å². The molecule has 0 spiro atoms. The summed E-state index contributed by atoms with van der Waals surface area (Å²) in [7, 11) is 0. The van der Waals surface area contributed by atoms with Gasteiger partial charge < -0.3 is 0 Å². The normalized spacial score (nSPS) is 18.1. The first-order valence-corrected chi connectivity index (χ1v) is 5.41. The zero-order valence-electron chi connectivity index (χ0n) is 9.54. The Bertz CT molecular complexity index is 404. The molecule has 14 heavy (non-hydrogen) atoms. The molecule has 1 nitrogen and oxygen atoms in total. The van der Waals surface area contributed by atoms with Crippen LogP contribution in [-0.4, -0.2) is 4.98 Å². The molecule has 0 radical (unpaired) electrons. The van der Waals surface area contributed by atoms with Gasteiger partial charge in [0, 0.05) is 11.9 Å². The highest BCUT2D eigenvalue weighted by Gasteiger charge is 2.02. The van der Waals surface area contributed by atoms with Crippen molar-refractivity contribution in [2.75, 3.05) is 0 Å². The van der Waals surface area contributed by atoms with Gasteiger partial charge in [-0.3, -0.25) is 4.98 Å². The number of nitrogens with zero attached hydrogens (tertiary/aromatic N) is 1. The highest BCUT2D eigenvalue weighted by molar-refractivity contribution is 5.40. The monoisotopic (exact) mass is 189 g/mol. The third-order valence-corrected chi connectivity index (χ3v) is 2.38. The molecule has 1 aliphatic carbocycles. The maximum absolute atomic E-state index is 4.27. The first kappa shape index (κ1) is 11.0. The standard InChI is InChI=1S/C11H13N.C2H6/c1-8-3-4-11-9(2)12-6-5-10(11)7-8;1-2/h4-8H,3H2,1-2H3;1-2H3. The van der Waals surface area contributed by atoms with E-state index in [9.17, 15) is 0 Å². The molecule has 2 rings (SSSR count). The third kappa shape index (κ3) is 2.22. The van der Waals surface area contributed by atoms with Gasteiger partial charge in [-0.05, 0) is 35.8 Å². The number of hydrogen-bond donors (Lipinski definition) is 0. The fraction of sp³-hybridized carbons (Fsp3) is 0.462. The van der Waals surface area contributed by atoms with E-state index in [1.165, 1.54) is 10.4 Å². The molecular weight excluding hydrogens is 170 g/mol. The van der Waals surface area contributed by atoms with Gasteiger partial charge in [0.05, 0.1) is 0 Å². The van der Waals surface area contributed by atoms with E-state index in [4.69, 9.17) is 0 Å². The second-order valence-corrected chi connectivity index (χ2v) is 3.48. The van der Waals surface area contributed by atoms with E-state index in [2.05, 4.69) is 37.0 Å². The van der Waals surface area contributed by atoms with Crippen molar-refractivity contribution in [3.63, 3.8) is 0 Å². The molecule has 1 aliphatic rings. The minimum atomic E-state index is 0.680. The molecule has 1 heteroatoms. The number of aromatic nitrogens is 1. The summed E-state index contributed by atoms with van der Waals surface area (Å²) in [6.07, 6.45) is 7.66. The number of fused-ring (bicyclic) bond motifs is 1. The van der Waals surface area contributed by atoms with Gasteiger partial charge in [0.15, 0.2) is 0 Å². The van der Waals surface area contributed by atoms with Gasteiger partial charge in [-0.1, -0.05) is 32.9 Å². The molecule has 0 fully saturated rings. The summed E-state index contributed by atoms with van der Waals surface area (Å²) in [6, 6.07) is 2.09. The van der Waals surface area contributed by atoms with Crippen LogP contribution in [0.4, 0.5) is 0 Å². The predicted octanol–water partition coefficient (Wildman–Crippen LogP) is 2.02. The highest BCUT2D eigenvalue weighted by atomic mass is 14.6. The molecule has 0 saturated heterocycles. The van der Waals surface area contributed by atoms with Crippen LogP contribution in [0.2, 0.25) is 0 Å². The summed E-state index contributed by atoms with van der Waals surface area (Å²) in [5, 5.41) is 2.68. The molecule has 1 heterocycles. The topological polar surface area (TPSA) is 12.9 Å². The largest absolute Gasteiger partial charge is 0.261 e. The quantitative estimate of drug-likeness (QED) is 0.608. The van der Waals surface area contributed by atoms with Crippen molar-refractivity contribution in [2.45, 2.75) is 34.1 Å². The van der Waals surface area contributed by atoms with Gasteiger partial charge in [0.25, 0.3) is 0 Å². The van der Waals surface area contributed by atoms with Crippen LogP contribution in [0.1, 0.15) is 32.9 Å². The second kappa shape index (κ2) is 4.94. The minimum absolute atomic E-state index is 0.680. The van der Waals surface area contributed by atoms with Gasteiger partial charge in [0.2, 0.25) is 0 Å². The lowest BCUT2D eigenvalue weighted by Gasteiger charge is -2.07. The van der Waals surface area contributed by atoms with Crippen molar-refractivity contribution in [2.24, 2.45) is 5.92 Å². The molecule has 1 aromatic heterocycles. The summed E-state index contributed by atoms with van der Waals surface area (Å²) in [5.74, 6) is 0.680. The Morgan fingerprint density at radius 3 is 2.79 bits per heavy atom. The van der Waals surface area contributed by atoms with Crippen LogP contribution in [0.25, 0.3) is 12.2 Å². The lowest BCUT2D eigenvalue weighted by Crippen LogP contribution is -2.31. The van der Waals surface area contributed by atoms with Crippen molar-refractivity contribution >= 4 is 12.2 Å². The van der Waals surface area contributed by atoms with Gasteiger partial charge in [-0.15, -0.1) is 0 Å². The molecule has 1 unspecified atom stereocenters. The maximum Gasteiger partial charge on any atom is 0.0447 e. The SMILES string of the molecule is CC.Cc1nccc2c1=CCC(C)C=2.